The van der Waals surface area contributed by atoms with Crippen LogP contribution in [0.3, 0.4) is 0 Å². The van der Waals surface area contributed by atoms with Crippen LogP contribution in [-0.4, -0.2) is 25.6 Å². The highest BCUT2D eigenvalue weighted by Crippen LogP contribution is 2.35. The first kappa shape index (κ1) is 19.2. The molecule has 4 aromatic rings. The molecular weight excluding hydrogens is 403 g/mol. The lowest BCUT2D eigenvalue weighted by Gasteiger charge is -2.06. The number of nitrogens with zero attached hydrogens (tertiary/aromatic N) is 4. The molecule has 0 aliphatic heterocycles. The third-order valence-electron chi connectivity index (χ3n) is 4.10. The fourth-order valence-electron chi connectivity index (χ4n) is 2.62. The Bertz CT molecular complexity index is 1090. The second kappa shape index (κ2) is 7.70. The quantitative estimate of drug-likeness (QED) is 0.496. The van der Waals surface area contributed by atoms with Gasteiger partial charge in [0.25, 0.3) is 0 Å². The van der Waals surface area contributed by atoms with Crippen molar-refractivity contribution < 1.29 is 17.6 Å². The fraction of sp³-hybridized carbons (Fsp3) is 0.158. The van der Waals surface area contributed by atoms with E-state index >= 15 is 0 Å². The topological polar surface area (TPSA) is 80.5 Å². The van der Waals surface area contributed by atoms with Crippen LogP contribution >= 0.6 is 11.8 Å². The Hall–Kier alpha value is -3.14. The molecule has 0 atom stereocenters. The number of oxazole rings is 1. The number of hydrogen-bond acceptors (Lipinski definition) is 6. The minimum atomic E-state index is -4.37. The summed E-state index contributed by atoms with van der Waals surface area (Å²) in [4.78, 5) is 5.29. The average Bonchev–Trinajstić information content (AvgIpc) is 3.33. The van der Waals surface area contributed by atoms with Crippen molar-refractivity contribution in [3.8, 4) is 11.5 Å². The molecule has 10 heteroatoms. The molecule has 0 spiro atoms. The lowest BCUT2D eigenvalue weighted by molar-refractivity contribution is -0.137. The first-order valence-electron chi connectivity index (χ1n) is 8.52. The highest BCUT2D eigenvalue weighted by molar-refractivity contribution is 7.99. The van der Waals surface area contributed by atoms with Crippen molar-refractivity contribution in [2.24, 2.45) is 0 Å². The summed E-state index contributed by atoms with van der Waals surface area (Å²) in [6, 6.07) is 12.6. The van der Waals surface area contributed by atoms with E-state index in [0.717, 1.165) is 22.6 Å². The molecule has 148 valence electrons. The molecule has 0 aliphatic rings. The van der Waals surface area contributed by atoms with Gasteiger partial charge in [0.15, 0.2) is 10.9 Å². The number of benzene rings is 2. The normalized spacial score (nSPS) is 11.7. The Morgan fingerprint density at radius 2 is 1.76 bits per heavy atom. The van der Waals surface area contributed by atoms with Gasteiger partial charge in [-0.05, 0) is 48.9 Å². The summed E-state index contributed by atoms with van der Waals surface area (Å²) in [5.41, 5.74) is 1.49. The number of aryl methyl sites for hydroxylation is 1. The number of rotatable bonds is 5. The first-order chi connectivity index (χ1) is 13.9. The number of tetrazole rings is 1. The van der Waals surface area contributed by atoms with Crippen LogP contribution in [0.1, 0.15) is 22.6 Å². The van der Waals surface area contributed by atoms with Gasteiger partial charge in [0, 0.05) is 16.9 Å². The van der Waals surface area contributed by atoms with Crippen molar-refractivity contribution in [2.75, 3.05) is 0 Å². The van der Waals surface area contributed by atoms with E-state index in [1.807, 2.05) is 24.3 Å². The van der Waals surface area contributed by atoms with Gasteiger partial charge < -0.3 is 4.42 Å². The van der Waals surface area contributed by atoms with Crippen LogP contribution in [0.25, 0.3) is 11.5 Å². The van der Waals surface area contributed by atoms with E-state index in [4.69, 9.17) is 4.42 Å². The number of aromatic amines is 1. The van der Waals surface area contributed by atoms with Crippen molar-refractivity contribution in [2.45, 2.75) is 29.5 Å². The highest BCUT2D eigenvalue weighted by Gasteiger charge is 2.30. The van der Waals surface area contributed by atoms with E-state index in [0.29, 0.717) is 28.6 Å². The molecular formula is C19H14F3N5OS. The Morgan fingerprint density at radius 3 is 2.38 bits per heavy atom. The summed E-state index contributed by atoms with van der Waals surface area (Å²) in [5, 5.41) is 14.4. The van der Waals surface area contributed by atoms with Gasteiger partial charge in [-0.25, -0.2) is 4.98 Å². The van der Waals surface area contributed by atoms with Crippen molar-refractivity contribution in [3.05, 3.63) is 71.2 Å². The summed E-state index contributed by atoms with van der Waals surface area (Å²) in [6.07, 6.45) is -3.80. The van der Waals surface area contributed by atoms with Crippen molar-refractivity contribution in [3.63, 3.8) is 0 Å². The maximum Gasteiger partial charge on any atom is 0.416 e. The monoisotopic (exact) mass is 417 g/mol. The molecule has 4 rings (SSSR count). The Labute approximate surface area is 167 Å². The molecule has 0 aliphatic carbocycles. The Balaban J connectivity index is 1.48. The molecule has 0 unspecified atom stereocenters. The summed E-state index contributed by atoms with van der Waals surface area (Å²) in [6.45, 7) is 1.80. The SMILES string of the molecule is Cc1nc(-c2ccc(C(F)(F)F)cc2)oc1Sc1ccc(Cc2nn[nH]n2)cc1. The summed E-state index contributed by atoms with van der Waals surface area (Å²) in [7, 11) is 0. The molecule has 0 saturated heterocycles. The number of aromatic nitrogens is 5. The van der Waals surface area contributed by atoms with E-state index in [1.165, 1.54) is 23.9 Å². The summed E-state index contributed by atoms with van der Waals surface area (Å²) < 4.78 is 43.9. The number of H-pyrrole nitrogens is 1. The summed E-state index contributed by atoms with van der Waals surface area (Å²) >= 11 is 1.39. The molecule has 2 aromatic heterocycles. The van der Waals surface area contributed by atoms with Gasteiger partial charge in [0.2, 0.25) is 5.89 Å². The smallest absolute Gasteiger partial charge is 0.416 e. The van der Waals surface area contributed by atoms with Gasteiger partial charge in [-0.1, -0.05) is 29.1 Å². The largest absolute Gasteiger partial charge is 0.429 e. The lowest BCUT2D eigenvalue weighted by Crippen LogP contribution is -2.03. The molecule has 0 fully saturated rings. The second-order valence-corrected chi connectivity index (χ2v) is 7.26. The average molecular weight is 417 g/mol. The van der Waals surface area contributed by atoms with Crippen molar-refractivity contribution in [1.29, 1.82) is 0 Å². The zero-order valence-electron chi connectivity index (χ0n) is 15.1. The Morgan fingerprint density at radius 1 is 1.03 bits per heavy atom. The molecule has 2 heterocycles. The van der Waals surface area contributed by atoms with Gasteiger partial charge in [-0.15, -0.1) is 10.2 Å². The maximum atomic E-state index is 12.7. The van der Waals surface area contributed by atoms with Crippen LogP contribution in [0, 0.1) is 6.92 Å². The van der Waals surface area contributed by atoms with Gasteiger partial charge in [0.1, 0.15) is 0 Å². The second-order valence-electron chi connectivity index (χ2n) is 6.22. The highest BCUT2D eigenvalue weighted by atomic mass is 32.2. The van der Waals surface area contributed by atoms with Gasteiger partial charge in [0.05, 0.1) is 11.3 Å². The summed E-state index contributed by atoms with van der Waals surface area (Å²) in [5.74, 6) is 0.894. The van der Waals surface area contributed by atoms with Crippen molar-refractivity contribution in [1.82, 2.24) is 25.6 Å². The number of alkyl halides is 3. The zero-order chi connectivity index (χ0) is 20.4. The number of nitrogens with one attached hydrogen (secondary N) is 1. The molecule has 2 aromatic carbocycles. The van der Waals surface area contributed by atoms with Crippen LogP contribution in [0.2, 0.25) is 0 Å². The van der Waals surface area contributed by atoms with Crippen LogP contribution < -0.4 is 0 Å². The fourth-order valence-corrected chi connectivity index (χ4v) is 3.42. The third kappa shape index (κ3) is 4.48. The van der Waals surface area contributed by atoms with E-state index in [2.05, 4.69) is 25.6 Å². The van der Waals surface area contributed by atoms with Crippen molar-refractivity contribution >= 4 is 11.8 Å². The Kier molecular flexibility index (Phi) is 5.10. The minimum absolute atomic E-state index is 0.285. The standard InChI is InChI=1S/C19H14F3N5OS/c1-11-18(28-17(23-11)13-4-6-14(7-5-13)19(20,21)22)29-15-8-2-12(3-9-15)10-16-24-26-27-25-16/h2-9H,10H2,1H3,(H,24,25,26,27). The predicted molar refractivity (Wildman–Crippen MR) is 99.2 cm³/mol. The third-order valence-corrected chi connectivity index (χ3v) is 5.17. The maximum absolute atomic E-state index is 12.7. The molecule has 0 bridgehead atoms. The molecule has 0 saturated carbocycles. The van der Waals surface area contributed by atoms with Crippen LogP contribution in [-0.2, 0) is 12.6 Å². The van der Waals surface area contributed by atoms with Gasteiger partial charge >= 0.3 is 6.18 Å². The number of halogens is 3. The van der Waals surface area contributed by atoms with Crippen LogP contribution in [0.5, 0.6) is 0 Å². The molecule has 0 amide bonds. The van der Waals surface area contributed by atoms with Gasteiger partial charge in [-0.3, -0.25) is 0 Å². The van der Waals surface area contributed by atoms with E-state index < -0.39 is 11.7 Å². The number of hydrogen-bond donors (Lipinski definition) is 1. The van der Waals surface area contributed by atoms with Crippen LogP contribution in [0.4, 0.5) is 13.2 Å². The minimum Gasteiger partial charge on any atom is -0.429 e. The molecule has 6 nitrogen and oxygen atoms in total. The zero-order valence-corrected chi connectivity index (χ0v) is 15.9. The molecule has 0 radical (unpaired) electrons. The molecule has 29 heavy (non-hydrogen) atoms. The predicted octanol–water partition coefficient (Wildman–Crippen LogP) is 4.92. The molecule has 1 N–H and O–H groups in total. The van der Waals surface area contributed by atoms with E-state index in [9.17, 15) is 13.2 Å². The first-order valence-corrected chi connectivity index (χ1v) is 9.34. The van der Waals surface area contributed by atoms with E-state index in [-0.39, 0.29) is 5.89 Å². The van der Waals surface area contributed by atoms with Crippen LogP contribution in [0.15, 0.2) is 62.9 Å². The van der Waals surface area contributed by atoms with E-state index in [1.54, 1.807) is 6.92 Å². The van der Waals surface area contributed by atoms with Gasteiger partial charge in [-0.2, -0.15) is 18.4 Å². The lowest BCUT2D eigenvalue weighted by atomic mass is 10.1.